The highest BCUT2D eigenvalue weighted by Crippen LogP contribution is 2.30. The van der Waals surface area contributed by atoms with Crippen LogP contribution in [0.3, 0.4) is 0 Å². The number of hydrogen-bond donors (Lipinski definition) is 1. The summed E-state index contributed by atoms with van der Waals surface area (Å²) in [5.74, 6) is 0.515. The Bertz CT molecular complexity index is 396. The van der Waals surface area contributed by atoms with E-state index < -0.39 is 0 Å². The maximum absolute atomic E-state index is 11.5. The molecule has 0 aromatic carbocycles. The summed E-state index contributed by atoms with van der Waals surface area (Å²) in [5, 5.41) is 4.09. The molecule has 0 aliphatic heterocycles. The van der Waals surface area contributed by atoms with Gasteiger partial charge in [-0.2, -0.15) is 9.67 Å². The van der Waals surface area contributed by atoms with Gasteiger partial charge in [0.1, 0.15) is 0 Å². The molecule has 16 heavy (non-hydrogen) atoms. The summed E-state index contributed by atoms with van der Waals surface area (Å²) < 4.78 is 1.82. The molecule has 0 spiro atoms. The molecule has 4 nitrogen and oxygen atoms in total. The average Bonchev–Trinajstić information content (AvgIpc) is 3.11. The zero-order chi connectivity index (χ0) is 11.4. The standard InChI is InChI=1S/C12H15N3O/c1-10(11-5-6-11)13-14-12(16)9-15-7-3-2-4-8-15/h2-4,7-8,11H,5-6,9H2,1H3/p+1/b13-10-. The van der Waals surface area contributed by atoms with Gasteiger partial charge in [0.25, 0.3) is 0 Å². The predicted octanol–water partition coefficient (Wildman–Crippen LogP) is 0.876. The van der Waals surface area contributed by atoms with Crippen molar-refractivity contribution in [1.82, 2.24) is 5.43 Å². The van der Waals surface area contributed by atoms with Gasteiger partial charge < -0.3 is 0 Å². The lowest BCUT2D eigenvalue weighted by Gasteiger charge is -1.98. The lowest BCUT2D eigenvalue weighted by molar-refractivity contribution is -0.684. The van der Waals surface area contributed by atoms with E-state index in [1.165, 1.54) is 12.8 Å². The number of aromatic nitrogens is 1. The fraction of sp³-hybridized carbons (Fsp3) is 0.417. The lowest BCUT2D eigenvalue weighted by atomic mass is 10.3. The van der Waals surface area contributed by atoms with Crippen molar-refractivity contribution >= 4 is 11.6 Å². The fourth-order valence-corrected chi connectivity index (χ4v) is 1.48. The quantitative estimate of drug-likeness (QED) is 0.455. The predicted molar refractivity (Wildman–Crippen MR) is 60.6 cm³/mol. The van der Waals surface area contributed by atoms with E-state index in [1.807, 2.05) is 42.1 Å². The second-order valence-corrected chi connectivity index (χ2v) is 4.11. The van der Waals surface area contributed by atoms with Crippen molar-refractivity contribution in [1.29, 1.82) is 0 Å². The first-order valence-corrected chi connectivity index (χ1v) is 5.53. The summed E-state index contributed by atoms with van der Waals surface area (Å²) in [5.41, 5.74) is 3.61. The van der Waals surface area contributed by atoms with Crippen molar-refractivity contribution in [3.05, 3.63) is 30.6 Å². The Balaban J connectivity index is 1.82. The van der Waals surface area contributed by atoms with E-state index in [0.717, 1.165) is 5.71 Å². The third-order valence-electron chi connectivity index (χ3n) is 2.63. The summed E-state index contributed by atoms with van der Waals surface area (Å²) >= 11 is 0. The van der Waals surface area contributed by atoms with Crippen molar-refractivity contribution in [3.8, 4) is 0 Å². The molecule has 1 aromatic heterocycles. The van der Waals surface area contributed by atoms with Crippen molar-refractivity contribution < 1.29 is 9.36 Å². The second-order valence-electron chi connectivity index (χ2n) is 4.11. The van der Waals surface area contributed by atoms with Crippen molar-refractivity contribution in [2.45, 2.75) is 26.3 Å². The molecular weight excluding hydrogens is 202 g/mol. The van der Waals surface area contributed by atoms with Crippen molar-refractivity contribution in [3.63, 3.8) is 0 Å². The third kappa shape index (κ3) is 3.15. The topological polar surface area (TPSA) is 45.3 Å². The maximum Gasteiger partial charge on any atom is 0.305 e. The molecule has 0 unspecified atom stereocenters. The highest BCUT2D eigenvalue weighted by Gasteiger charge is 2.24. The summed E-state index contributed by atoms with van der Waals surface area (Å²) in [6.07, 6.45) is 6.13. The van der Waals surface area contributed by atoms with Crippen LogP contribution < -0.4 is 9.99 Å². The Morgan fingerprint density at radius 1 is 1.38 bits per heavy atom. The number of hydrazone groups is 1. The molecule has 1 saturated carbocycles. The molecule has 1 amide bonds. The molecule has 2 rings (SSSR count). The highest BCUT2D eigenvalue weighted by atomic mass is 16.2. The molecule has 84 valence electrons. The molecule has 1 heterocycles. The van der Waals surface area contributed by atoms with Gasteiger partial charge >= 0.3 is 5.91 Å². The first-order valence-electron chi connectivity index (χ1n) is 5.53. The fourth-order valence-electron chi connectivity index (χ4n) is 1.48. The monoisotopic (exact) mass is 218 g/mol. The Labute approximate surface area is 95.0 Å². The third-order valence-corrected chi connectivity index (χ3v) is 2.63. The van der Waals surface area contributed by atoms with Gasteiger partial charge in [-0.3, -0.25) is 4.79 Å². The Kier molecular flexibility index (Phi) is 3.29. The normalized spacial score (nSPS) is 15.9. The Hall–Kier alpha value is -1.71. The largest absolute Gasteiger partial charge is 0.305 e. The van der Waals surface area contributed by atoms with Crippen LogP contribution in [0.2, 0.25) is 0 Å². The average molecular weight is 218 g/mol. The van der Waals surface area contributed by atoms with Gasteiger partial charge in [0.15, 0.2) is 12.4 Å². The van der Waals surface area contributed by atoms with E-state index >= 15 is 0 Å². The van der Waals surface area contributed by atoms with E-state index in [1.54, 1.807) is 0 Å². The summed E-state index contributed by atoms with van der Waals surface area (Å²) in [4.78, 5) is 11.5. The summed E-state index contributed by atoms with van der Waals surface area (Å²) in [7, 11) is 0. The van der Waals surface area contributed by atoms with Gasteiger partial charge in [-0.15, -0.1) is 0 Å². The van der Waals surface area contributed by atoms with Crippen LogP contribution in [0.15, 0.2) is 35.7 Å². The van der Waals surface area contributed by atoms with Gasteiger partial charge in [-0.25, -0.2) is 5.43 Å². The van der Waals surface area contributed by atoms with Crippen LogP contribution in [-0.2, 0) is 11.3 Å². The van der Waals surface area contributed by atoms with Crippen molar-refractivity contribution in [2.24, 2.45) is 11.0 Å². The number of nitrogens with zero attached hydrogens (tertiary/aromatic N) is 2. The van der Waals surface area contributed by atoms with Crippen LogP contribution in [0.25, 0.3) is 0 Å². The zero-order valence-electron chi connectivity index (χ0n) is 9.39. The minimum atomic E-state index is -0.0869. The minimum absolute atomic E-state index is 0.0869. The number of carbonyl (C=O) groups is 1. The van der Waals surface area contributed by atoms with Gasteiger partial charge in [-0.05, 0) is 25.7 Å². The highest BCUT2D eigenvalue weighted by molar-refractivity contribution is 5.87. The van der Waals surface area contributed by atoms with Crippen LogP contribution in [0.1, 0.15) is 19.8 Å². The van der Waals surface area contributed by atoms with Crippen molar-refractivity contribution in [2.75, 3.05) is 0 Å². The number of carbonyl (C=O) groups excluding carboxylic acids is 1. The van der Waals surface area contributed by atoms with E-state index in [-0.39, 0.29) is 5.91 Å². The van der Waals surface area contributed by atoms with Crippen LogP contribution in [0.5, 0.6) is 0 Å². The summed E-state index contributed by atoms with van der Waals surface area (Å²) in [6.45, 7) is 2.27. The van der Waals surface area contributed by atoms with E-state index in [4.69, 9.17) is 0 Å². The van der Waals surface area contributed by atoms with E-state index in [0.29, 0.717) is 12.5 Å². The first kappa shape index (κ1) is 10.8. The number of hydrogen-bond acceptors (Lipinski definition) is 2. The number of pyridine rings is 1. The van der Waals surface area contributed by atoms with Crippen LogP contribution in [0.4, 0.5) is 0 Å². The number of amides is 1. The molecule has 0 radical (unpaired) electrons. The zero-order valence-corrected chi connectivity index (χ0v) is 9.39. The summed E-state index contributed by atoms with van der Waals surface area (Å²) in [6, 6.07) is 5.71. The van der Waals surface area contributed by atoms with Crippen LogP contribution in [0, 0.1) is 5.92 Å². The van der Waals surface area contributed by atoms with Gasteiger partial charge in [0.05, 0.1) is 0 Å². The lowest BCUT2D eigenvalue weighted by Crippen LogP contribution is -2.41. The molecule has 0 bridgehead atoms. The molecule has 1 aromatic rings. The molecule has 4 heteroatoms. The van der Waals surface area contributed by atoms with Crippen LogP contribution >= 0.6 is 0 Å². The van der Waals surface area contributed by atoms with Gasteiger partial charge in [-0.1, -0.05) is 6.07 Å². The molecule has 1 aliphatic rings. The smallest absolute Gasteiger partial charge is 0.266 e. The molecule has 1 aliphatic carbocycles. The maximum atomic E-state index is 11.5. The number of rotatable bonds is 4. The first-order chi connectivity index (χ1) is 7.75. The molecule has 1 fully saturated rings. The van der Waals surface area contributed by atoms with E-state index in [9.17, 15) is 4.79 Å². The van der Waals surface area contributed by atoms with E-state index in [2.05, 4.69) is 10.5 Å². The Morgan fingerprint density at radius 3 is 2.69 bits per heavy atom. The van der Waals surface area contributed by atoms with Crippen LogP contribution in [-0.4, -0.2) is 11.6 Å². The molecule has 0 saturated heterocycles. The molecule has 1 N–H and O–H groups in total. The SMILES string of the molecule is C/C(=N/NC(=O)C[n+]1ccccc1)C1CC1. The minimum Gasteiger partial charge on any atom is -0.266 e. The van der Waals surface area contributed by atoms with Gasteiger partial charge in [0.2, 0.25) is 6.54 Å². The molecule has 0 atom stereocenters. The van der Waals surface area contributed by atoms with Gasteiger partial charge in [0, 0.05) is 17.8 Å². The number of nitrogens with one attached hydrogen (secondary N) is 1. The Morgan fingerprint density at radius 2 is 2.06 bits per heavy atom. The molecular formula is C12H16N3O+. The second kappa shape index (κ2) is 4.88.